The van der Waals surface area contributed by atoms with Crippen LogP contribution < -0.4 is 10.1 Å². The molecule has 0 bridgehead atoms. The zero-order valence-corrected chi connectivity index (χ0v) is 13.9. The molecule has 1 N–H and O–H groups in total. The van der Waals surface area contributed by atoms with Crippen molar-refractivity contribution in [1.29, 1.82) is 0 Å². The fourth-order valence-electron chi connectivity index (χ4n) is 2.84. The van der Waals surface area contributed by atoms with Crippen molar-refractivity contribution in [3.05, 3.63) is 27.7 Å². The number of halogens is 1. The Bertz CT molecular complexity index is 445. The molecule has 1 aromatic carbocycles. The van der Waals surface area contributed by atoms with E-state index in [4.69, 9.17) is 4.74 Å². The molecule has 106 valence electrons. The van der Waals surface area contributed by atoms with Crippen molar-refractivity contribution in [3.8, 4) is 5.75 Å². The highest BCUT2D eigenvalue weighted by molar-refractivity contribution is 9.10. The van der Waals surface area contributed by atoms with Crippen LogP contribution in [0.1, 0.15) is 50.7 Å². The van der Waals surface area contributed by atoms with Crippen molar-refractivity contribution < 1.29 is 4.74 Å². The lowest BCUT2D eigenvalue weighted by Gasteiger charge is -2.29. The lowest BCUT2D eigenvalue weighted by Crippen LogP contribution is -2.27. The molecule has 0 radical (unpaired) electrons. The van der Waals surface area contributed by atoms with Gasteiger partial charge in [-0.05, 0) is 55.0 Å². The molecular weight excluding hydrogens is 302 g/mol. The van der Waals surface area contributed by atoms with Gasteiger partial charge in [-0.3, -0.25) is 0 Å². The van der Waals surface area contributed by atoms with E-state index < -0.39 is 0 Å². The van der Waals surface area contributed by atoms with Crippen molar-refractivity contribution in [3.63, 3.8) is 0 Å². The number of piperidine rings is 1. The monoisotopic (exact) mass is 325 g/mol. The first-order valence-corrected chi connectivity index (χ1v) is 7.81. The highest BCUT2D eigenvalue weighted by Crippen LogP contribution is 2.41. The standard InChI is InChI=1S/C16H24BrNO/c1-16(2,3)14-10-12(17)9-13(15(14)19-4)11-5-7-18-8-6-11/h9-11,18H,5-8H2,1-4H3. The van der Waals surface area contributed by atoms with E-state index in [-0.39, 0.29) is 5.41 Å². The molecule has 2 nitrogen and oxygen atoms in total. The van der Waals surface area contributed by atoms with Crippen LogP contribution in [0.2, 0.25) is 0 Å². The molecule has 2 rings (SSSR count). The van der Waals surface area contributed by atoms with Crippen LogP contribution in [0, 0.1) is 0 Å². The average molecular weight is 326 g/mol. The van der Waals surface area contributed by atoms with Crippen LogP contribution in [0.4, 0.5) is 0 Å². The van der Waals surface area contributed by atoms with Gasteiger partial charge in [0, 0.05) is 10.0 Å². The summed E-state index contributed by atoms with van der Waals surface area (Å²) in [6.45, 7) is 8.92. The minimum Gasteiger partial charge on any atom is -0.496 e. The molecule has 19 heavy (non-hydrogen) atoms. The SMILES string of the molecule is COc1c(C2CCNCC2)cc(Br)cc1C(C)(C)C. The molecule has 0 amide bonds. The Morgan fingerprint density at radius 2 is 1.84 bits per heavy atom. The van der Waals surface area contributed by atoms with E-state index in [0.29, 0.717) is 5.92 Å². The van der Waals surface area contributed by atoms with Crippen molar-refractivity contribution in [2.24, 2.45) is 0 Å². The first-order valence-electron chi connectivity index (χ1n) is 7.02. The summed E-state index contributed by atoms with van der Waals surface area (Å²) in [6.07, 6.45) is 2.38. The fraction of sp³-hybridized carbons (Fsp3) is 0.625. The van der Waals surface area contributed by atoms with Crippen molar-refractivity contribution in [1.82, 2.24) is 5.32 Å². The van der Waals surface area contributed by atoms with Gasteiger partial charge in [0.2, 0.25) is 0 Å². The van der Waals surface area contributed by atoms with Gasteiger partial charge in [0.25, 0.3) is 0 Å². The third-order valence-electron chi connectivity index (χ3n) is 3.87. The van der Waals surface area contributed by atoms with Gasteiger partial charge in [-0.2, -0.15) is 0 Å². The number of nitrogens with one attached hydrogen (secondary N) is 1. The summed E-state index contributed by atoms with van der Waals surface area (Å²) in [7, 11) is 1.79. The molecule has 1 aromatic rings. The number of hydrogen-bond donors (Lipinski definition) is 1. The average Bonchev–Trinajstić information content (AvgIpc) is 2.37. The predicted octanol–water partition coefficient (Wildman–Crippen LogP) is 4.22. The van der Waals surface area contributed by atoms with Crippen LogP contribution in [0.15, 0.2) is 16.6 Å². The molecule has 1 fully saturated rings. The third kappa shape index (κ3) is 3.32. The summed E-state index contributed by atoms with van der Waals surface area (Å²) >= 11 is 3.66. The lowest BCUT2D eigenvalue weighted by molar-refractivity contribution is 0.377. The van der Waals surface area contributed by atoms with Crippen molar-refractivity contribution in [2.75, 3.05) is 20.2 Å². The van der Waals surface area contributed by atoms with Gasteiger partial charge in [-0.15, -0.1) is 0 Å². The minimum absolute atomic E-state index is 0.0940. The van der Waals surface area contributed by atoms with Gasteiger partial charge in [0.05, 0.1) is 7.11 Å². The lowest BCUT2D eigenvalue weighted by atomic mass is 9.81. The Balaban J connectivity index is 2.50. The minimum atomic E-state index is 0.0940. The van der Waals surface area contributed by atoms with Crippen molar-refractivity contribution in [2.45, 2.75) is 44.9 Å². The molecule has 0 aromatic heterocycles. The van der Waals surface area contributed by atoms with E-state index in [1.165, 1.54) is 24.0 Å². The van der Waals surface area contributed by atoms with Gasteiger partial charge in [-0.25, -0.2) is 0 Å². The summed E-state index contributed by atoms with van der Waals surface area (Å²) in [6, 6.07) is 4.44. The van der Waals surface area contributed by atoms with E-state index in [2.05, 4.69) is 54.2 Å². The number of ether oxygens (including phenoxy) is 1. The molecule has 0 atom stereocenters. The van der Waals surface area contributed by atoms with Crippen LogP contribution in [0.3, 0.4) is 0 Å². The van der Waals surface area contributed by atoms with Gasteiger partial charge in [0.1, 0.15) is 5.75 Å². The van der Waals surface area contributed by atoms with Gasteiger partial charge >= 0.3 is 0 Å². The van der Waals surface area contributed by atoms with E-state index >= 15 is 0 Å². The number of benzene rings is 1. The van der Waals surface area contributed by atoms with Crippen LogP contribution in [0.25, 0.3) is 0 Å². The van der Waals surface area contributed by atoms with Crippen LogP contribution >= 0.6 is 15.9 Å². The molecule has 0 saturated carbocycles. The Hall–Kier alpha value is -0.540. The Morgan fingerprint density at radius 1 is 1.21 bits per heavy atom. The van der Waals surface area contributed by atoms with Crippen LogP contribution in [-0.4, -0.2) is 20.2 Å². The zero-order chi connectivity index (χ0) is 14.0. The first-order chi connectivity index (χ1) is 8.93. The highest BCUT2D eigenvalue weighted by Gasteiger charge is 2.26. The van der Waals surface area contributed by atoms with E-state index in [1.54, 1.807) is 7.11 Å². The Labute approximate surface area is 125 Å². The molecule has 1 aliphatic heterocycles. The molecule has 0 spiro atoms. The molecular formula is C16H24BrNO. The number of methoxy groups -OCH3 is 1. The van der Waals surface area contributed by atoms with Crippen molar-refractivity contribution >= 4 is 15.9 Å². The zero-order valence-electron chi connectivity index (χ0n) is 12.3. The fourth-order valence-corrected chi connectivity index (χ4v) is 3.31. The normalized spacial score (nSPS) is 17.5. The topological polar surface area (TPSA) is 21.3 Å². The maximum absolute atomic E-state index is 5.77. The smallest absolute Gasteiger partial charge is 0.126 e. The molecule has 0 unspecified atom stereocenters. The highest BCUT2D eigenvalue weighted by atomic mass is 79.9. The van der Waals surface area contributed by atoms with Crippen LogP contribution in [-0.2, 0) is 5.41 Å². The third-order valence-corrected chi connectivity index (χ3v) is 4.33. The summed E-state index contributed by atoms with van der Waals surface area (Å²) in [5.74, 6) is 1.69. The van der Waals surface area contributed by atoms with Gasteiger partial charge < -0.3 is 10.1 Å². The molecule has 1 aliphatic rings. The van der Waals surface area contributed by atoms with Gasteiger partial charge in [-0.1, -0.05) is 36.7 Å². The van der Waals surface area contributed by atoms with E-state index in [1.807, 2.05) is 0 Å². The number of rotatable bonds is 2. The predicted molar refractivity (Wildman–Crippen MR) is 84.2 cm³/mol. The van der Waals surface area contributed by atoms with E-state index in [0.717, 1.165) is 23.3 Å². The quantitative estimate of drug-likeness (QED) is 0.878. The largest absolute Gasteiger partial charge is 0.496 e. The molecule has 0 aliphatic carbocycles. The molecule has 1 heterocycles. The molecule has 3 heteroatoms. The summed E-state index contributed by atoms with van der Waals surface area (Å²) < 4.78 is 6.93. The first kappa shape index (κ1) is 14.9. The van der Waals surface area contributed by atoms with Crippen LogP contribution in [0.5, 0.6) is 5.75 Å². The summed E-state index contributed by atoms with van der Waals surface area (Å²) in [5, 5.41) is 3.43. The summed E-state index contributed by atoms with van der Waals surface area (Å²) in [4.78, 5) is 0. The maximum Gasteiger partial charge on any atom is 0.126 e. The second-order valence-corrected chi connectivity index (χ2v) is 7.27. The molecule has 1 saturated heterocycles. The Morgan fingerprint density at radius 3 is 2.37 bits per heavy atom. The maximum atomic E-state index is 5.77. The van der Waals surface area contributed by atoms with Gasteiger partial charge in [0.15, 0.2) is 0 Å². The second kappa shape index (κ2) is 5.84. The second-order valence-electron chi connectivity index (χ2n) is 6.35. The number of hydrogen-bond acceptors (Lipinski definition) is 2. The Kier molecular flexibility index (Phi) is 4.57. The van der Waals surface area contributed by atoms with E-state index in [9.17, 15) is 0 Å². The summed E-state index contributed by atoms with van der Waals surface area (Å²) in [5.41, 5.74) is 2.75.